The molecule has 144 valence electrons. The molecule has 0 bridgehead atoms. The summed E-state index contributed by atoms with van der Waals surface area (Å²) in [6.07, 6.45) is 11.0. The molecule has 0 radical (unpaired) electrons. The average molecular weight is 359 g/mol. The molecule has 0 heterocycles. The van der Waals surface area contributed by atoms with Crippen molar-refractivity contribution >= 4 is 5.78 Å². The normalized spacial score (nSPS) is 54.7. The van der Waals surface area contributed by atoms with Crippen molar-refractivity contribution < 1.29 is 15.0 Å². The summed E-state index contributed by atoms with van der Waals surface area (Å²) in [4.78, 5) is 12.0. The molecule has 8 atom stereocenters. The highest BCUT2D eigenvalue weighted by Gasteiger charge is 2.75. The third-order valence-corrected chi connectivity index (χ3v) is 9.81. The predicted molar refractivity (Wildman–Crippen MR) is 100 cm³/mol. The number of ketones is 1. The van der Waals surface area contributed by atoms with Crippen LogP contribution in [-0.4, -0.2) is 28.2 Å². The highest BCUT2D eigenvalue weighted by molar-refractivity contribution is 5.82. The summed E-state index contributed by atoms with van der Waals surface area (Å²) in [7, 11) is 0. The molecule has 0 aromatic carbocycles. The molecule has 3 unspecified atom stereocenters. The molecule has 3 heteroatoms. The molecule has 0 amide bonds. The van der Waals surface area contributed by atoms with Crippen LogP contribution in [0.4, 0.5) is 0 Å². The molecule has 4 saturated carbocycles. The number of aliphatic hydroxyl groups excluding tert-OH is 1. The lowest BCUT2D eigenvalue weighted by Gasteiger charge is -2.59. The number of allylic oxidation sites excluding steroid dienone is 2. The highest BCUT2D eigenvalue weighted by Crippen LogP contribution is 2.77. The highest BCUT2D eigenvalue weighted by atomic mass is 16.3. The number of fused-ring (bicyclic) bond motifs is 7. The molecule has 26 heavy (non-hydrogen) atoms. The molecule has 0 aromatic heterocycles. The largest absolute Gasteiger partial charge is 0.396 e. The van der Waals surface area contributed by atoms with Crippen LogP contribution in [0.2, 0.25) is 0 Å². The monoisotopic (exact) mass is 358 g/mol. The van der Waals surface area contributed by atoms with Gasteiger partial charge in [-0.3, -0.25) is 4.79 Å². The Balaban J connectivity index is 1.49. The lowest BCUT2D eigenvalue weighted by Crippen LogP contribution is -2.56. The van der Waals surface area contributed by atoms with Gasteiger partial charge in [0.25, 0.3) is 0 Å². The summed E-state index contributed by atoms with van der Waals surface area (Å²) >= 11 is 0. The smallest absolute Gasteiger partial charge is 0.136 e. The van der Waals surface area contributed by atoms with Crippen molar-refractivity contribution in [1.82, 2.24) is 0 Å². The van der Waals surface area contributed by atoms with Crippen LogP contribution in [0, 0.1) is 40.4 Å². The van der Waals surface area contributed by atoms with Gasteiger partial charge in [-0.25, -0.2) is 0 Å². The minimum Gasteiger partial charge on any atom is -0.396 e. The van der Waals surface area contributed by atoms with Gasteiger partial charge in [0.2, 0.25) is 0 Å². The second kappa shape index (κ2) is 5.44. The number of Topliss-reactive ketones (excluding diaryl/α,β-unsaturated/α-hetero) is 1. The number of hydrogen-bond donors (Lipinski definition) is 2. The van der Waals surface area contributed by atoms with Crippen molar-refractivity contribution in [2.24, 2.45) is 40.4 Å². The van der Waals surface area contributed by atoms with Crippen molar-refractivity contribution in [2.45, 2.75) is 77.2 Å². The first kappa shape index (κ1) is 17.4. The van der Waals surface area contributed by atoms with E-state index in [1.807, 2.05) is 0 Å². The molecule has 0 saturated heterocycles. The number of aliphatic hydroxyl groups is 2. The fourth-order valence-corrected chi connectivity index (χ4v) is 8.43. The molecular formula is C23H34O3. The van der Waals surface area contributed by atoms with Crippen LogP contribution < -0.4 is 0 Å². The van der Waals surface area contributed by atoms with Gasteiger partial charge in [-0.05, 0) is 85.4 Å². The number of hydrogen-bond acceptors (Lipinski definition) is 3. The van der Waals surface area contributed by atoms with Crippen LogP contribution in [0.15, 0.2) is 11.6 Å². The van der Waals surface area contributed by atoms with Crippen molar-refractivity contribution in [1.29, 1.82) is 0 Å². The van der Waals surface area contributed by atoms with E-state index in [-0.39, 0.29) is 17.4 Å². The fourth-order valence-electron chi connectivity index (χ4n) is 8.43. The zero-order valence-corrected chi connectivity index (χ0v) is 16.3. The first-order valence-electron chi connectivity index (χ1n) is 10.9. The summed E-state index contributed by atoms with van der Waals surface area (Å²) in [6, 6.07) is 0. The summed E-state index contributed by atoms with van der Waals surface area (Å²) in [5.41, 5.74) is 1.10. The van der Waals surface area contributed by atoms with Gasteiger partial charge in [-0.2, -0.15) is 0 Å². The summed E-state index contributed by atoms with van der Waals surface area (Å²) in [5, 5.41) is 21.1. The Bertz CT molecular complexity index is 668. The van der Waals surface area contributed by atoms with E-state index in [1.165, 1.54) is 18.4 Å². The quantitative estimate of drug-likeness (QED) is 0.753. The Hall–Kier alpha value is -0.670. The second-order valence-electron chi connectivity index (χ2n) is 10.6. The number of rotatable bonds is 3. The molecule has 0 spiro atoms. The lowest BCUT2D eigenvalue weighted by atomic mass is 9.46. The predicted octanol–water partition coefficient (Wildman–Crippen LogP) is 3.88. The van der Waals surface area contributed by atoms with Crippen LogP contribution in [0.1, 0.15) is 71.6 Å². The van der Waals surface area contributed by atoms with Crippen LogP contribution in [0.5, 0.6) is 0 Å². The minimum absolute atomic E-state index is 0.0170. The third kappa shape index (κ3) is 2.00. The van der Waals surface area contributed by atoms with Crippen LogP contribution >= 0.6 is 0 Å². The van der Waals surface area contributed by atoms with E-state index in [4.69, 9.17) is 0 Å². The molecule has 5 aliphatic rings. The summed E-state index contributed by atoms with van der Waals surface area (Å²) in [5.74, 6) is 3.58. The Morgan fingerprint density at radius 2 is 2.00 bits per heavy atom. The molecule has 4 fully saturated rings. The van der Waals surface area contributed by atoms with Crippen molar-refractivity contribution in [2.75, 3.05) is 6.61 Å². The maximum atomic E-state index is 12.0. The maximum Gasteiger partial charge on any atom is 0.136 e. The van der Waals surface area contributed by atoms with Gasteiger partial charge in [0.1, 0.15) is 5.78 Å². The van der Waals surface area contributed by atoms with Gasteiger partial charge in [-0.15, -0.1) is 0 Å². The summed E-state index contributed by atoms with van der Waals surface area (Å²) in [6.45, 7) is 4.98. The van der Waals surface area contributed by atoms with E-state index in [9.17, 15) is 15.0 Å². The molecule has 0 aromatic rings. The zero-order valence-electron chi connectivity index (χ0n) is 16.3. The molecule has 5 aliphatic carbocycles. The molecular weight excluding hydrogens is 324 g/mol. The van der Waals surface area contributed by atoms with Gasteiger partial charge < -0.3 is 10.2 Å². The number of carbonyl (C=O) groups excluding carboxylic acids is 1. The average Bonchev–Trinajstić information content (AvgIpc) is 3.37. The molecule has 5 rings (SSSR count). The minimum atomic E-state index is -0.566. The second-order valence-corrected chi connectivity index (χ2v) is 10.6. The van der Waals surface area contributed by atoms with E-state index in [0.29, 0.717) is 41.8 Å². The van der Waals surface area contributed by atoms with Crippen LogP contribution in [0.3, 0.4) is 0 Å². The third-order valence-electron chi connectivity index (χ3n) is 9.81. The SMILES string of the molecule is C[C@]12CCC(=O)CC1=CCC1C2CC[C@@]2(C)C1[C@@H]1C[C@@H]1[C@@]2(O)CCCO. The molecule has 0 aliphatic heterocycles. The van der Waals surface area contributed by atoms with E-state index >= 15 is 0 Å². The van der Waals surface area contributed by atoms with Gasteiger partial charge in [-0.1, -0.05) is 25.5 Å². The summed E-state index contributed by atoms with van der Waals surface area (Å²) < 4.78 is 0. The van der Waals surface area contributed by atoms with E-state index < -0.39 is 5.60 Å². The first-order chi connectivity index (χ1) is 12.3. The Kier molecular flexibility index (Phi) is 3.65. The lowest BCUT2D eigenvalue weighted by molar-refractivity contribution is -0.149. The fraction of sp³-hybridized carbons (Fsp3) is 0.870. The topological polar surface area (TPSA) is 57.5 Å². The zero-order chi connectivity index (χ0) is 18.3. The van der Waals surface area contributed by atoms with Crippen molar-refractivity contribution in [3.63, 3.8) is 0 Å². The van der Waals surface area contributed by atoms with Gasteiger partial charge in [0, 0.05) is 19.4 Å². The molecule has 2 N–H and O–H groups in total. The van der Waals surface area contributed by atoms with E-state index in [1.54, 1.807) is 0 Å². The maximum absolute atomic E-state index is 12.0. The Labute approximate surface area is 157 Å². The van der Waals surface area contributed by atoms with Gasteiger partial charge in [0.15, 0.2) is 0 Å². The van der Waals surface area contributed by atoms with Gasteiger partial charge >= 0.3 is 0 Å². The Morgan fingerprint density at radius 3 is 2.77 bits per heavy atom. The number of carbonyl (C=O) groups is 1. The van der Waals surface area contributed by atoms with Crippen LogP contribution in [-0.2, 0) is 4.79 Å². The van der Waals surface area contributed by atoms with Crippen molar-refractivity contribution in [3.8, 4) is 0 Å². The van der Waals surface area contributed by atoms with Crippen molar-refractivity contribution in [3.05, 3.63) is 11.6 Å². The van der Waals surface area contributed by atoms with E-state index in [0.717, 1.165) is 38.5 Å². The standard InChI is InChI=1S/C23H34O3/c1-21-9-6-15(25)12-14(21)4-5-16-18(21)7-10-22(2)20(16)17-13-19(17)23(22,26)8-3-11-24/h4,16-20,24,26H,3,5-13H2,1-2H3/t16?,17-,18?,19+,20?,21+,22+,23+/m1/s1. The first-order valence-corrected chi connectivity index (χ1v) is 10.9. The van der Waals surface area contributed by atoms with Crippen LogP contribution in [0.25, 0.3) is 0 Å². The Morgan fingerprint density at radius 1 is 1.19 bits per heavy atom. The van der Waals surface area contributed by atoms with E-state index in [2.05, 4.69) is 19.9 Å². The molecule has 3 nitrogen and oxygen atoms in total. The van der Waals surface area contributed by atoms with Gasteiger partial charge in [0.05, 0.1) is 5.60 Å².